The standard InChI is InChI=1S/C9H20BO7P/c1-4-9(10)17-8(5-13-2)6-15-18(12,14-3)16-7-11/h8-9,11H,4-7H2,1-3H3. The van der Waals surface area contributed by atoms with E-state index in [9.17, 15) is 4.57 Å². The number of phosphoric ester groups is 1. The van der Waals surface area contributed by atoms with Crippen LogP contribution in [-0.4, -0.2) is 59.3 Å². The zero-order valence-electron chi connectivity index (χ0n) is 10.9. The smallest absolute Gasteiger partial charge is 0.382 e. The third-order valence-electron chi connectivity index (χ3n) is 1.98. The van der Waals surface area contributed by atoms with Gasteiger partial charge in [0.25, 0.3) is 0 Å². The molecule has 3 atom stereocenters. The average molecular weight is 282 g/mol. The topological polar surface area (TPSA) is 83.5 Å². The van der Waals surface area contributed by atoms with Crippen LogP contribution in [-0.2, 0) is 27.6 Å². The maximum absolute atomic E-state index is 11.7. The van der Waals surface area contributed by atoms with Gasteiger partial charge in [0.2, 0.25) is 0 Å². The normalized spacial score (nSPS) is 18.2. The lowest BCUT2D eigenvalue weighted by molar-refractivity contribution is -0.0501. The van der Waals surface area contributed by atoms with Crippen molar-refractivity contribution in [1.82, 2.24) is 0 Å². The maximum Gasteiger partial charge on any atom is 0.476 e. The molecule has 0 fully saturated rings. The summed E-state index contributed by atoms with van der Waals surface area (Å²) in [6.45, 7) is 1.23. The number of aliphatic hydroxyl groups excluding tert-OH is 1. The Morgan fingerprint density at radius 1 is 1.28 bits per heavy atom. The van der Waals surface area contributed by atoms with Gasteiger partial charge in [0, 0.05) is 20.2 Å². The molecule has 0 amide bonds. The van der Waals surface area contributed by atoms with Gasteiger partial charge in [-0.15, -0.1) is 0 Å². The van der Waals surface area contributed by atoms with Gasteiger partial charge in [-0.05, 0) is 6.42 Å². The molecule has 0 aromatic rings. The molecule has 3 unspecified atom stereocenters. The van der Waals surface area contributed by atoms with E-state index in [0.29, 0.717) is 6.42 Å². The van der Waals surface area contributed by atoms with Crippen LogP contribution < -0.4 is 0 Å². The molecule has 9 heteroatoms. The highest BCUT2D eigenvalue weighted by molar-refractivity contribution is 7.48. The van der Waals surface area contributed by atoms with Crippen LogP contribution in [0.1, 0.15) is 13.3 Å². The summed E-state index contributed by atoms with van der Waals surface area (Å²) in [5.74, 6) is 0. The fourth-order valence-corrected chi connectivity index (χ4v) is 1.82. The first-order valence-corrected chi connectivity index (χ1v) is 6.93. The highest BCUT2D eigenvalue weighted by atomic mass is 31.2. The van der Waals surface area contributed by atoms with Crippen LogP contribution in [0.25, 0.3) is 0 Å². The molecule has 0 rings (SSSR count). The van der Waals surface area contributed by atoms with E-state index in [2.05, 4.69) is 9.05 Å². The average Bonchev–Trinajstić information content (AvgIpc) is 2.36. The Morgan fingerprint density at radius 3 is 2.39 bits per heavy atom. The van der Waals surface area contributed by atoms with E-state index in [4.69, 9.17) is 27.0 Å². The van der Waals surface area contributed by atoms with Gasteiger partial charge >= 0.3 is 7.82 Å². The SMILES string of the molecule is [B]C(CC)OC(COC)COP(=O)(OC)OCO. The molecule has 0 spiro atoms. The Hall–Kier alpha value is 0.0549. The number of rotatable bonds is 11. The molecule has 106 valence electrons. The molecule has 2 radical (unpaired) electrons. The van der Waals surface area contributed by atoms with Gasteiger partial charge < -0.3 is 14.6 Å². The third kappa shape index (κ3) is 7.48. The lowest BCUT2D eigenvalue weighted by Crippen LogP contribution is -2.30. The van der Waals surface area contributed by atoms with Gasteiger partial charge in [0.15, 0.2) is 6.79 Å². The van der Waals surface area contributed by atoms with E-state index < -0.39 is 26.7 Å². The molecular weight excluding hydrogens is 262 g/mol. The van der Waals surface area contributed by atoms with Gasteiger partial charge in [-0.1, -0.05) is 6.92 Å². The molecule has 0 aliphatic heterocycles. The quantitative estimate of drug-likeness (QED) is 0.338. The van der Waals surface area contributed by atoms with Crippen molar-refractivity contribution in [1.29, 1.82) is 0 Å². The summed E-state index contributed by atoms with van der Waals surface area (Å²) in [5, 5.41) is 8.55. The van der Waals surface area contributed by atoms with Crippen LogP contribution in [0, 0.1) is 0 Å². The highest BCUT2D eigenvalue weighted by Crippen LogP contribution is 2.48. The number of hydrogen-bond donors (Lipinski definition) is 1. The van der Waals surface area contributed by atoms with E-state index in [0.717, 1.165) is 7.11 Å². The van der Waals surface area contributed by atoms with Gasteiger partial charge in [-0.2, -0.15) is 0 Å². The van der Waals surface area contributed by atoms with Crippen LogP contribution in [0.15, 0.2) is 0 Å². The van der Waals surface area contributed by atoms with Crippen molar-refractivity contribution in [2.45, 2.75) is 25.5 Å². The predicted molar refractivity (Wildman–Crippen MR) is 65.3 cm³/mol. The summed E-state index contributed by atoms with van der Waals surface area (Å²) in [5.41, 5.74) is 0. The second kappa shape index (κ2) is 9.92. The van der Waals surface area contributed by atoms with E-state index in [-0.39, 0.29) is 13.2 Å². The van der Waals surface area contributed by atoms with Crippen molar-refractivity contribution in [3.05, 3.63) is 0 Å². The van der Waals surface area contributed by atoms with Crippen LogP contribution in [0.4, 0.5) is 0 Å². The summed E-state index contributed by atoms with van der Waals surface area (Å²) in [4.78, 5) is 0. The molecule has 0 aromatic carbocycles. The van der Waals surface area contributed by atoms with E-state index in [1.807, 2.05) is 6.92 Å². The second-order valence-electron chi connectivity index (χ2n) is 3.34. The Labute approximate surface area is 109 Å². The number of aliphatic hydroxyl groups is 1. The largest absolute Gasteiger partial charge is 0.476 e. The fraction of sp³-hybridized carbons (Fsp3) is 1.00. The van der Waals surface area contributed by atoms with Crippen LogP contribution in [0.2, 0.25) is 0 Å². The third-order valence-corrected chi connectivity index (χ3v) is 3.32. The summed E-state index contributed by atoms with van der Waals surface area (Å²) < 4.78 is 36.0. The minimum absolute atomic E-state index is 0.0906. The Kier molecular flexibility index (Phi) is 9.95. The van der Waals surface area contributed by atoms with Gasteiger partial charge in [0.1, 0.15) is 14.0 Å². The zero-order valence-corrected chi connectivity index (χ0v) is 11.8. The van der Waals surface area contributed by atoms with Crippen molar-refractivity contribution in [2.75, 3.05) is 34.2 Å². The molecule has 0 aliphatic carbocycles. The Morgan fingerprint density at radius 2 is 1.94 bits per heavy atom. The first-order valence-electron chi connectivity index (χ1n) is 5.47. The number of methoxy groups -OCH3 is 1. The van der Waals surface area contributed by atoms with Gasteiger partial charge in [-0.25, -0.2) is 4.57 Å². The minimum Gasteiger partial charge on any atom is -0.382 e. The first-order chi connectivity index (χ1) is 8.51. The molecule has 0 bridgehead atoms. The van der Waals surface area contributed by atoms with Gasteiger partial charge in [-0.3, -0.25) is 13.6 Å². The van der Waals surface area contributed by atoms with E-state index >= 15 is 0 Å². The predicted octanol–water partition coefficient (Wildman–Crippen LogP) is 0.660. The van der Waals surface area contributed by atoms with E-state index in [1.54, 1.807) is 0 Å². The number of hydrogen-bond acceptors (Lipinski definition) is 7. The molecule has 0 heterocycles. The number of ether oxygens (including phenoxy) is 2. The lowest BCUT2D eigenvalue weighted by Gasteiger charge is -2.23. The molecular formula is C9H20BO7P. The molecule has 7 nitrogen and oxygen atoms in total. The van der Waals surface area contributed by atoms with Crippen LogP contribution >= 0.6 is 7.82 Å². The Bertz CT molecular complexity index is 253. The summed E-state index contributed by atoms with van der Waals surface area (Å²) in [6.07, 6.45) is 0.116. The van der Waals surface area contributed by atoms with E-state index in [1.165, 1.54) is 7.11 Å². The molecule has 0 saturated heterocycles. The van der Waals surface area contributed by atoms with Crippen LogP contribution in [0.5, 0.6) is 0 Å². The molecule has 0 saturated carbocycles. The highest BCUT2D eigenvalue weighted by Gasteiger charge is 2.27. The second-order valence-corrected chi connectivity index (χ2v) is 5.12. The lowest BCUT2D eigenvalue weighted by atomic mass is 9.97. The fourth-order valence-electron chi connectivity index (χ4n) is 1.04. The Balaban J connectivity index is 4.27. The van der Waals surface area contributed by atoms with Crippen molar-refractivity contribution in [2.24, 2.45) is 0 Å². The zero-order chi connectivity index (χ0) is 14.0. The first kappa shape index (κ1) is 18.1. The summed E-state index contributed by atoms with van der Waals surface area (Å²) in [7, 11) is 4.52. The van der Waals surface area contributed by atoms with Crippen molar-refractivity contribution < 1.29 is 32.7 Å². The van der Waals surface area contributed by atoms with Crippen molar-refractivity contribution in [3.63, 3.8) is 0 Å². The number of phosphoric acid groups is 1. The minimum atomic E-state index is -3.76. The van der Waals surface area contributed by atoms with Crippen LogP contribution in [0.3, 0.4) is 0 Å². The molecule has 0 aromatic heterocycles. The molecule has 0 aliphatic rings. The molecule has 1 N–H and O–H groups in total. The maximum atomic E-state index is 11.7. The van der Waals surface area contributed by atoms with Crippen molar-refractivity contribution in [3.8, 4) is 0 Å². The molecule has 18 heavy (non-hydrogen) atoms. The summed E-state index contributed by atoms with van der Waals surface area (Å²) in [6, 6.07) is -0.463. The van der Waals surface area contributed by atoms with Crippen molar-refractivity contribution >= 4 is 15.7 Å². The monoisotopic (exact) mass is 282 g/mol. The summed E-state index contributed by atoms with van der Waals surface area (Å²) >= 11 is 0. The van der Waals surface area contributed by atoms with Gasteiger partial charge in [0.05, 0.1) is 13.2 Å².